The zero-order valence-electron chi connectivity index (χ0n) is 11.6. The zero-order chi connectivity index (χ0) is 13.4. The maximum absolute atomic E-state index is 4.40. The lowest BCUT2D eigenvalue weighted by Crippen LogP contribution is -1.91. The van der Waals surface area contributed by atoms with Crippen molar-refractivity contribution >= 4 is 16.3 Å². The van der Waals surface area contributed by atoms with E-state index in [9.17, 15) is 0 Å². The molecular weight excluding hydrogens is 252 g/mol. The molecule has 0 radical (unpaired) electrons. The van der Waals surface area contributed by atoms with Gasteiger partial charge in [0.15, 0.2) is 4.96 Å². The van der Waals surface area contributed by atoms with E-state index in [1.54, 1.807) is 11.3 Å². The van der Waals surface area contributed by atoms with Crippen LogP contribution in [0.3, 0.4) is 0 Å². The molecule has 98 valence electrons. The number of aryl methyl sites for hydroxylation is 1. The number of benzene rings is 1. The van der Waals surface area contributed by atoms with E-state index < -0.39 is 0 Å². The van der Waals surface area contributed by atoms with Crippen LogP contribution in [0.4, 0.5) is 0 Å². The highest BCUT2D eigenvalue weighted by Gasteiger charge is 2.13. The van der Waals surface area contributed by atoms with Crippen molar-refractivity contribution in [2.24, 2.45) is 0 Å². The van der Waals surface area contributed by atoms with Crippen LogP contribution in [-0.2, 0) is 6.42 Å². The van der Waals surface area contributed by atoms with Crippen molar-refractivity contribution in [1.82, 2.24) is 9.38 Å². The SMILES string of the molecule is CCc1sc2nccn2c1-c1ccc(C(C)C)cc1. The summed E-state index contributed by atoms with van der Waals surface area (Å²) in [6.07, 6.45) is 4.98. The van der Waals surface area contributed by atoms with Crippen LogP contribution in [0.1, 0.15) is 37.1 Å². The third kappa shape index (κ3) is 2.08. The van der Waals surface area contributed by atoms with E-state index in [1.165, 1.54) is 21.7 Å². The normalized spacial score (nSPS) is 11.6. The number of imidazole rings is 1. The van der Waals surface area contributed by atoms with Crippen LogP contribution in [-0.4, -0.2) is 9.38 Å². The first-order chi connectivity index (χ1) is 9.20. The number of hydrogen-bond donors (Lipinski definition) is 0. The molecule has 0 amide bonds. The molecule has 0 fully saturated rings. The molecule has 0 atom stereocenters. The quantitative estimate of drug-likeness (QED) is 0.671. The lowest BCUT2D eigenvalue weighted by Gasteiger charge is -2.08. The molecule has 3 rings (SSSR count). The van der Waals surface area contributed by atoms with Crippen molar-refractivity contribution in [3.8, 4) is 11.3 Å². The number of fused-ring (bicyclic) bond motifs is 1. The van der Waals surface area contributed by atoms with Gasteiger partial charge < -0.3 is 0 Å². The monoisotopic (exact) mass is 270 g/mol. The van der Waals surface area contributed by atoms with Crippen LogP contribution in [0.15, 0.2) is 36.7 Å². The minimum absolute atomic E-state index is 0.579. The van der Waals surface area contributed by atoms with Crippen molar-refractivity contribution in [1.29, 1.82) is 0 Å². The second-order valence-corrected chi connectivity index (χ2v) is 6.15. The summed E-state index contributed by atoms with van der Waals surface area (Å²) >= 11 is 1.79. The van der Waals surface area contributed by atoms with Gasteiger partial charge in [0.2, 0.25) is 0 Å². The van der Waals surface area contributed by atoms with Crippen molar-refractivity contribution in [2.45, 2.75) is 33.1 Å². The summed E-state index contributed by atoms with van der Waals surface area (Å²) in [7, 11) is 0. The average molecular weight is 270 g/mol. The lowest BCUT2D eigenvalue weighted by atomic mass is 10.0. The Balaban J connectivity index is 2.14. The molecule has 0 aliphatic heterocycles. The predicted molar refractivity (Wildman–Crippen MR) is 82.0 cm³/mol. The van der Waals surface area contributed by atoms with Gasteiger partial charge in [0.1, 0.15) is 0 Å². The Bertz CT molecular complexity index is 689. The molecular formula is C16H18N2S. The van der Waals surface area contributed by atoms with Gasteiger partial charge in [-0.3, -0.25) is 4.40 Å². The molecule has 0 saturated carbocycles. The Kier molecular flexibility index (Phi) is 3.15. The maximum atomic E-state index is 4.40. The first-order valence-corrected chi connectivity index (χ1v) is 7.57. The highest BCUT2D eigenvalue weighted by Crippen LogP contribution is 2.32. The van der Waals surface area contributed by atoms with E-state index in [0.717, 1.165) is 11.4 Å². The first kappa shape index (κ1) is 12.4. The number of rotatable bonds is 3. The van der Waals surface area contributed by atoms with Crippen LogP contribution < -0.4 is 0 Å². The molecule has 0 saturated heterocycles. The molecule has 0 N–H and O–H groups in total. The Morgan fingerprint density at radius 2 is 1.95 bits per heavy atom. The summed E-state index contributed by atoms with van der Waals surface area (Å²) in [5.74, 6) is 0.579. The second kappa shape index (κ2) is 4.82. The first-order valence-electron chi connectivity index (χ1n) is 6.75. The fourth-order valence-corrected chi connectivity index (χ4v) is 3.44. The van der Waals surface area contributed by atoms with Gasteiger partial charge in [0.05, 0.1) is 5.69 Å². The van der Waals surface area contributed by atoms with E-state index in [4.69, 9.17) is 0 Å². The van der Waals surface area contributed by atoms with Gasteiger partial charge in [-0.25, -0.2) is 4.98 Å². The molecule has 0 aliphatic carbocycles. The van der Waals surface area contributed by atoms with Gasteiger partial charge in [-0.2, -0.15) is 0 Å². The van der Waals surface area contributed by atoms with Crippen molar-refractivity contribution in [2.75, 3.05) is 0 Å². The van der Waals surface area contributed by atoms with Crippen LogP contribution in [0.25, 0.3) is 16.2 Å². The number of nitrogens with zero attached hydrogens (tertiary/aromatic N) is 2. The zero-order valence-corrected chi connectivity index (χ0v) is 12.4. The maximum Gasteiger partial charge on any atom is 0.194 e. The van der Waals surface area contributed by atoms with Crippen molar-refractivity contribution in [3.05, 3.63) is 47.1 Å². The smallest absolute Gasteiger partial charge is 0.194 e. The molecule has 2 aromatic heterocycles. The van der Waals surface area contributed by atoms with E-state index >= 15 is 0 Å². The summed E-state index contributed by atoms with van der Waals surface area (Å²) < 4.78 is 2.20. The van der Waals surface area contributed by atoms with Crippen LogP contribution in [0.2, 0.25) is 0 Å². The van der Waals surface area contributed by atoms with Gasteiger partial charge in [-0.05, 0) is 23.5 Å². The minimum atomic E-state index is 0.579. The van der Waals surface area contributed by atoms with Gasteiger partial charge in [-0.15, -0.1) is 11.3 Å². The Hall–Kier alpha value is -1.61. The fraction of sp³-hybridized carbons (Fsp3) is 0.312. The lowest BCUT2D eigenvalue weighted by molar-refractivity contribution is 0.867. The van der Waals surface area contributed by atoms with Crippen LogP contribution in [0.5, 0.6) is 0 Å². The highest BCUT2D eigenvalue weighted by molar-refractivity contribution is 7.17. The number of thiazole rings is 1. The Morgan fingerprint density at radius 3 is 2.58 bits per heavy atom. The number of aromatic nitrogens is 2. The minimum Gasteiger partial charge on any atom is -0.290 e. The van der Waals surface area contributed by atoms with Crippen molar-refractivity contribution < 1.29 is 0 Å². The molecule has 1 aromatic carbocycles. The van der Waals surface area contributed by atoms with Crippen molar-refractivity contribution in [3.63, 3.8) is 0 Å². The molecule has 3 aromatic rings. The summed E-state index contributed by atoms with van der Waals surface area (Å²) in [4.78, 5) is 6.89. The molecule has 0 bridgehead atoms. The van der Waals surface area contributed by atoms with E-state index in [0.29, 0.717) is 5.92 Å². The molecule has 3 heteroatoms. The van der Waals surface area contributed by atoms with E-state index in [1.807, 2.05) is 6.20 Å². The predicted octanol–water partition coefficient (Wildman–Crippen LogP) is 4.75. The molecule has 0 unspecified atom stereocenters. The third-order valence-electron chi connectivity index (χ3n) is 3.50. The summed E-state index contributed by atoms with van der Waals surface area (Å²) in [5, 5.41) is 0. The van der Waals surface area contributed by atoms with Crippen LogP contribution in [0, 0.1) is 0 Å². The highest BCUT2D eigenvalue weighted by atomic mass is 32.1. The standard InChI is InChI=1S/C16H18N2S/c1-4-14-15(18-10-9-17-16(18)19-14)13-7-5-12(6-8-13)11(2)3/h5-11H,4H2,1-3H3. The summed E-state index contributed by atoms with van der Waals surface area (Å²) in [5.41, 5.74) is 3.97. The second-order valence-electron chi connectivity index (χ2n) is 5.08. The summed E-state index contributed by atoms with van der Waals surface area (Å²) in [6.45, 7) is 6.66. The summed E-state index contributed by atoms with van der Waals surface area (Å²) in [6, 6.07) is 8.94. The van der Waals surface area contributed by atoms with E-state index in [2.05, 4.69) is 60.6 Å². The van der Waals surface area contributed by atoms with Gasteiger partial charge in [0, 0.05) is 17.3 Å². The van der Waals surface area contributed by atoms with Gasteiger partial charge in [0.25, 0.3) is 0 Å². The average Bonchev–Trinajstić information content (AvgIpc) is 2.98. The molecule has 19 heavy (non-hydrogen) atoms. The molecule has 2 nitrogen and oxygen atoms in total. The Morgan fingerprint density at radius 1 is 1.21 bits per heavy atom. The molecule has 2 heterocycles. The molecule has 0 aliphatic rings. The fourth-order valence-electron chi connectivity index (χ4n) is 2.39. The largest absolute Gasteiger partial charge is 0.290 e. The van der Waals surface area contributed by atoms with Crippen LogP contribution >= 0.6 is 11.3 Å². The van der Waals surface area contributed by atoms with E-state index in [-0.39, 0.29) is 0 Å². The number of hydrogen-bond acceptors (Lipinski definition) is 2. The van der Waals surface area contributed by atoms with Gasteiger partial charge in [-0.1, -0.05) is 45.0 Å². The third-order valence-corrected chi connectivity index (χ3v) is 4.71. The Labute approximate surface area is 117 Å². The molecule has 0 spiro atoms. The van der Waals surface area contributed by atoms with Gasteiger partial charge >= 0.3 is 0 Å². The topological polar surface area (TPSA) is 17.3 Å².